The van der Waals surface area contributed by atoms with E-state index in [9.17, 15) is 9.18 Å². The number of nitrogens with zero attached hydrogens (tertiary/aromatic N) is 1. The van der Waals surface area contributed by atoms with E-state index in [2.05, 4.69) is 33.1 Å². The highest BCUT2D eigenvalue weighted by atomic mass is 79.9. The van der Waals surface area contributed by atoms with Gasteiger partial charge in [0, 0.05) is 17.1 Å². The minimum absolute atomic E-state index is 0.108. The Morgan fingerprint density at radius 3 is 3.05 bits per heavy atom. The summed E-state index contributed by atoms with van der Waals surface area (Å²) in [5, 5.41) is 2.92. The normalized spacial score (nSPS) is 20.3. The van der Waals surface area contributed by atoms with Crippen LogP contribution < -0.4 is 5.32 Å². The van der Waals surface area contributed by atoms with Crippen LogP contribution >= 0.6 is 15.9 Å². The molecule has 1 amide bonds. The summed E-state index contributed by atoms with van der Waals surface area (Å²) in [6.45, 7) is 5.02. The standard InChI is InChI=1S/C14H18BrFN2O/c1-2-18-7-3-4-11(9-18)17-14(19)12-6-5-10(15)8-13(12)16/h5-6,8,11H,2-4,7,9H2,1H3,(H,17,19). The summed E-state index contributed by atoms with van der Waals surface area (Å²) in [5.41, 5.74) is 0.108. The number of piperidine rings is 1. The molecule has 0 bridgehead atoms. The highest BCUT2D eigenvalue weighted by Gasteiger charge is 2.22. The van der Waals surface area contributed by atoms with Gasteiger partial charge in [0.2, 0.25) is 0 Å². The first-order chi connectivity index (χ1) is 9.10. The Bertz CT molecular complexity index is 467. The molecule has 0 radical (unpaired) electrons. The van der Waals surface area contributed by atoms with Crippen molar-refractivity contribution in [2.75, 3.05) is 19.6 Å². The number of likely N-dealkylation sites (tertiary alicyclic amines) is 1. The van der Waals surface area contributed by atoms with Gasteiger partial charge in [-0.3, -0.25) is 4.79 Å². The second-order valence-corrected chi connectivity index (χ2v) is 5.75. The van der Waals surface area contributed by atoms with E-state index in [0.29, 0.717) is 4.47 Å². The molecule has 1 aliphatic heterocycles. The fourth-order valence-electron chi connectivity index (χ4n) is 2.40. The first kappa shape index (κ1) is 14.5. The topological polar surface area (TPSA) is 32.3 Å². The number of hydrogen-bond acceptors (Lipinski definition) is 2. The number of rotatable bonds is 3. The maximum atomic E-state index is 13.7. The molecule has 1 unspecified atom stereocenters. The van der Waals surface area contributed by atoms with Crippen LogP contribution in [0.15, 0.2) is 22.7 Å². The molecule has 1 atom stereocenters. The van der Waals surface area contributed by atoms with E-state index < -0.39 is 5.82 Å². The summed E-state index contributed by atoms with van der Waals surface area (Å²) in [6, 6.07) is 4.62. The van der Waals surface area contributed by atoms with E-state index in [0.717, 1.165) is 32.5 Å². The highest BCUT2D eigenvalue weighted by Crippen LogP contribution is 2.16. The molecule has 1 saturated heterocycles. The minimum Gasteiger partial charge on any atom is -0.348 e. The van der Waals surface area contributed by atoms with Gasteiger partial charge in [-0.25, -0.2) is 4.39 Å². The van der Waals surface area contributed by atoms with Gasteiger partial charge in [0.15, 0.2) is 0 Å². The number of amides is 1. The lowest BCUT2D eigenvalue weighted by Crippen LogP contribution is -2.47. The van der Waals surface area contributed by atoms with Gasteiger partial charge in [-0.2, -0.15) is 0 Å². The summed E-state index contributed by atoms with van der Waals surface area (Å²) in [5.74, 6) is -0.817. The molecule has 2 rings (SSSR count). The second kappa shape index (κ2) is 6.48. The molecule has 0 aromatic heterocycles. The number of benzene rings is 1. The molecule has 0 aliphatic carbocycles. The molecule has 5 heteroatoms. The number of halogens is 2. The van der Waals surface area contributed by atoms with Crippen LogP contribution in [0, 0.1) is 5.82 Å². The van der Waals surface area contributed by atoms with Gasteiger partial charge in [0.25, 0.3) is 5.91 Å². The van der Waals surface area contributed by atoms with E-state index in [1.807, 2.05) is 0 Å². The van der Waals surface area contributed by atoms with Crippen molar-refractivity contribution in [3.8, 4) is 0 Å². The third kappa shape index (κ3) is 3.76. The lowest BCUT2D eigenvalue weighted by Gasteiger charge is -2.32. The maximum absolute atomic E-state index is 13.7. The zero-order valence-electron chi connectivity index (χ0n) is 11.0. The van der Waals surface area contributed by atoms with E-state index in [1.54, 1.807) is 6.07 Å². The van der Waals surface area contributed by atoms with Gasteiger partial charge < -0.3 is 10.2 Å². The van der Waals surface area contributed by atoms with Crippen molar-refractivity contribution in [1.29, 1.82) is 0 Å². The van der Waals surface area contributed by atoms with Crippen molar-refractivity contribution in [2.45, 2.75) is 25.8 Å². The predicted octanol–water partition coefficient (Wildman–Crippen LogP) is 2.80. The van der Waals surface area contributed by atoms with E-state index in [-0.39, 0.29) is 17.5 Å². The molecule has 1 heterocycles. The fourth-order valence-corrected chi connectivity index (χ4v) is 2.73. The van der Waals surface area contributed by atoms with Crippen LogP contribution in [0.4, 0.5) is 4.39 Å². The van der Waals surface area contributed by atoms with Gasteiger partial charge >= 0.3 is 0 Å². The van der Waals surface area contributed by atoms with Gasteiger partial charge in [0.1, 0.15) is 5.82 Å². The molecule has 19 heavy (non-hydrogen) atoms. The quantitative estimate of drug-likeness (QED) is 0.925. The SMILES string of the molecule is CCN1CCCC(NC(=O)c2ccc(Br)cc2F)C1. The van der Waals surface area contributed by atoms with Crippen molar-refractivity contribution in [1.82, 2.24) is 10.2 Å². The van der Waals surface area contributed by atoms with Gasteiger partial charge in [0.05, 0.1) is 5.56 Å². The molecule has 1 N–H and O–H groups in total. The average molecular weight is 329 g/mol. The predicted molar refractivity (Wildman–Crippen MR) is 76.7 cm³/mol. The summed E-state index contributed by atoms with van der Waals surface area (Å²) in [7, 11) is 0. The van der Waals surface area contributed by atoms with Gasteiger partial charge in [-0.05, 0) is 44.1 Å². The summed E-state index contributed by atoms with van der Waals surface area (Å²) in [6.07, 6.45) is 2.03. The molecule has 1 aliphatic rings. The number of carbonyl (C=O) groups is 1. The van der Waals surface area contributed by atoms with Crippen LogP contribution in [0.5, 0.6) is 0 Å². The zero-order valence-corrected chi connectivity index (χ0v) is 12.5. The summed E-state index contributed by atoms with van der Waals surface area (Å²) < 4.78 is 14.3. The lowest BCUT2D eigenvalue weighted by atomic mass is 10.1. The van der Waals surface area contributed by atoms with Gasteiger partial charge in [-0.1, -0.05) is 22.9 Å². The smallest absolute Gasteiger partial charge is 0.254 e. The molecule has 0 saturated carbocycles. The highest BCUT2D eigenvalue weighted by molar-refractivity contribution is 9.10. The Balaban J connectivity index is 2.00. The van der Waals surface area contributed by atoms with Crippen molar-refractivity contribution in [3.05, 3.63) is 34.1 Å². The van der Waals surface area contributed by atoms with Crippen LogP contribution in [-0.2, 0) is 0 Å². The molecule has 1 aromatic rings. The van der Waals surface area contributed by atoms with E-state index in [1.165, 1.54) is 12.1 Å². The van der Waals surface area contributed by atoms with Crippen molar-refractivity contribution in [3.63, 3.8) is 0 Å². The molecular formula is C14H18BrFN2O. The third-order valence-corrected chi connectivity index (χ3v) is 3.96. The largest absolute Gasteiger partial charge is 0.348 e. The first-order valence-electron chi connectivity index (χ1n) is 6.58. The number of nitrogens with one attached hydrogen (secondary N) is 1. The second-order valence-electron chi connectivity index (χ2n) is 4.83. The molecule has 1 fully saturated rings. The van der Waals surface area contributed by atoms with Crippen LogP contribution in [0.25, 0.3) is 0 Å². The lowest BCUT2D eigenvalue weighted by molar-refractivity contribution is 0.0902. The Morgan fingerprint density at radius 1 is 1.58 bits per heavy atom. The molecule has 3 nitrogen and oxygen atoms in total. The number of carbonyl (C=O) groups excluding carboxylic acids is 1. The third-order valence-electron chi connectivity index (χ3n) is 3.46. The Morgan fingerprint density at radius 2 is 2.37 bits per heavy atom. The van der Waals surface area contributed by atoms with E-state index in [4.69, 9.17) is 0 Å². The van der Waals surface area contributed by atoms with Crippen LogP contribution in [-0.4, -0.2) is 36.5 Å². The van der Waals surface area contributed by atoms with Crippen molar-refractivity contribution < 1.29 is 9.18 Å². The Hall–Kier alpha value is -0.940. The monoisotopic (exact) mass is 328 g/mol. The van der Waals surface area contributed by atoms with Crippen molar-refractivity contribution >= 4 is 21.8 Å². The zero-order chi connectivity index (χ0) is 13.8. The molecule has 1 aromatic carbocycles. The minimum atomic E-state index is -0.491. The fraction of sp³-hybridized carbons (Fsp3) is 0.500. The average Bonchev–Trinajstić information content (AvgIpc) is 2.38. The van der Waals surface area contributed by atoms with Crippen LogP contribution in [0.3, 0.4) is 0 Å². The number of hydrogen-bond donors (Lipinski definition) is 1. The van der Waals surface area contributed by atoms with Crippen LogP contribution in [0.1, 0.15) is 30.1 Å². The Kier molecular flexibility index (Phi) is 4.93. The number of likely N-dealkylation sites (N-methyl/N-ethyl adjacent to an activating group) is 1. The van der Waals surface area contributed by atoms with Gasteiger partial charge in [-0.15, -0.1) is 0 Å². The van der Waals surface area contributed by atoms with E-state index >= 15 is 0 Å². The molecule has 0 spiro atoms. The van der Waals surface area contributed by atoms with Crippen LogP contribution in [0.2, 0.25) is 0 Å². The first-order valence-corrected chi connectivity index (χ1v) is 7.37. The summed E-state index contributed by atoms with van der Waals surface area (Å²) in [4.78, 5) is 14.4. The maximum Gasteiger partial charge on any atom is 0.254 e. The summed E-state index contributed by atoms with van der Waals surface area (Å²) >= 11 is 3.18. The Labute approximate surface area is 121 Å². The molecule has 104 valence electrons. The van der Waals surface area contributed by atoms with Crippen molar-refractivity contribution in [2.24, 2.45) is 0 Å². The molecular weight excluding hydrogens is 311 g/mol.